The molecule has 0 saturated heterocycles. The maximum absolute atomic E-state index is 11.8. The Hall–Kier alpha value is -1.30. The molecular weight excluding hydrogens is 224 g/mol. The standard InChI is InChI=1S/C10H18N4OS/c1-4-5-6(2)13-9(15)7-8(11)14-10(12-3)16-7/h6H,4-5,11H2,1-3H3,(H,12,14)(H,13,15). The Kier molecular flexibility index (Phi) is 4.54. The Morgan fingerprint density at radius 2 is 2.31 bits per heavy atom. The van der Waals surface area contributed by atoms with Crippen LogP contribution in [0.4, 0.5) is 10.9 Å². The van der Waals surface area contributed by atoms with Gasteiger partial charge in [-0.2, -0.15) is 0 Å². The maximum Gasteiger partial charge on any atom is 0.265 e. The Balaban J connectivity index is 2.68. The summed E-state index contributed by atoms with van der Waals surface area (Å²) >= 11 is 1.27. The molecule has 0 bridgehead atoms. The molecule has 0 saturated carbocycles. The molecule has 1 rings (SSSR count). The number of nitrogen functional groups attached to an aromatic ring is 1. The van der Waals surface area contributed by atoms with E-state index in [2.05, 4.69) is 22.5 Å². The lowest BCUT2D eigenvalue weighted by Crippen LogP contribution is -2.32. The van der Waals surface area contributed by atoms with E-state index < -0.39 is 0 Å². The Labute approximate surface area is 99.4 Å². The molecule has 16 heavy (non-hydrogen) atoms. The second-order valence-electron chi connectivity index (χ2n) is 3.65. The van der Waals surface area contributed by atoms with Crippen molar-refractivity contribution in [3.8, 4) is 0 Å². The second-order valence-corrected chi connectivity index (χ2v) is 4.65. The maximum atomic E-state index is 11.8. The molecule has 0 aliphatic carbocycles. The van der Waals surface area contributed by atoms with Gasteiger partial charge in [0.15, 0.2) is 5.13 Å². The molecule has 6 heteroatoms. The first kappa shape index (κ1) is 12.8. The molecule has 1 aromatic heterocycles. The number of thiazole rings is 1. The van der Waals surface area contributed by atoms with E-state index in [0.717, 1.165) is 12.8 Å². The third-order valence-corrected chi connectivity index (χ3v) is 3.26. The van der Waals surface area contributed by atoms with Crippen molar-refractivity contribution < 1.29 is 4.79 Å². The monoisotopic (exact) mass is 242 g/mol. The van der Waals surface area contributed by atoms with Gasteiger partial charge in [-0.1, -0.05) is 24.7 Å². The molecule has 4 N–H and O–H groups in total. The van der Waals surface area contributed by atoms with Gasteiger partial charge >= 0.3 is 0 Å². The van der Waals surface area contributed by atoms with Gasteiger partial charge < -0.3 is 16.4 Å². The van der Waals surface area contributed by atoms with Crippen molar-refractivity contribution >= 4 is 28.2 Å². The van der Waals surface area contributed by atoms with E-state index in [1.54, 1.807) is 7.05 Å². The van der Waals surface area contributed by atoms with Gasteiger partial charge in [0.2, 0.25) is 0 Å². The number of carbonyl (C=O) groups excluding carboxylic acids is 1. The van der Waals surface area contributed by atoms with Gasteiger partial charge in [-0.15, -0.1) is 0 Å². The van der Waals surface area contributed by atoms with Crippen molar-refractivity contribution in [2.45, 2.75) is 32.7 Å². The van der Waals surface area contributed by atoms with Crippen molar-refractivity contribution in [1.82, 2.24) is 10.3 Å². The minimum Gasteiger partial charge on any atom is -0.382 e. The van der Waals surface area contributed by atoms with Crippen molar-refractivity contribution in [3.05, 3.63) is 4.88 Å². The highest BCUT2D eigenvalue weighted by Gasteiger charge is 2.16. The average Bonchev–Trinajstić information content (AvgIpc) is 2.60. The van der Waals surface area contributed by atoms with Gasteiger partial charge in [-0.05, 0) is 13.3 Å². The second kappa shape index (κ2) is 5.69. The zero-order valence-electron chi connectivity index (χ0n) is 9.83. The van der Waals surface area contributed by atoms with Gasteiger partial charge in [0.1, 0.15) is 10.7 Å². The normalized spacial score (nSPS) is 12.2. The summed E-state index contributed by atoms with van der Waals surface area (Å²) in [6, 6.07) is 0.164. The quantitative estimate of drug-likeness (QED) is 0.734. The van der Waals surface area contributed by atoms with Gasteiger partial charge in [-0.3, -0.25) is 4.79 Å². The van der Waals surface area contributed by atoms with Crippen LogP contribution in [0.1, 0.15) is 36.4 Å². The SMILES string of the molecule is CCCC(C)NC(=O)c1sc(NC)nc1N. The smallest absolute Gasteiger partial charge is 0.265 e. The highest BCUT2D eigenvalue weighted by molar-refractivity contribution is 7.18. The number of nitrogens with two attached hydrogens (primary N) is 1. The number of hydrogen-bond acceptors (Lipinski definition) is 5. The minimum atomic E-state index is -0.141. The van der Waals surface area contributed by atoms with E-state index in [1.807, 2.05) is 6.92 Å². The number of nitrogens with zero attached hydrogens (tertiary/aromatic N) is 1. The third kappa shape index (κ3) is 3.10. The Morgan fingerprint density at radius 1 is 1.62 bits per heavy atom. The molecule has 0 aromatic carbocycles. The summed E-state index contributed by atoms with van der Waals surface area (Å²) in [6.45, 7) is 4.07. The third-order valence-electron chi connectivity index (χ3n) is 2.17. The molecule has 1 unspecified atom stereocenters. The highest BCUT2D eigenvalue weighted by Crippen LogP contribution is 2.24. The molecule has 0 aliphatic heterocycles. The first-order valence-corrected chi connectivity index (χ1v) is 6.15. The van der Waals surface area contributed by atoms with Crippen molar-refractivity contribution in [2.75, 3.05) is 18.1 Å². The number of aromatic nitrogens is 1. The van der Waals surface area contributed by atoms with Gasteiger partial charge in [-0.25, -0.2) is 4.98 Å². The average molecular weight is 242 g/mol. The van der Waals surface area contributed by atoms with E-state index in [9.17, 15) is 4.79 Å². The van der Waals surface area contributed by atoms with E-state index >= 15 is 0 Å². The molecule has 1 amide bonds. The van der Waals surface area contributed by atoms with Crippen LogP contribution in [-0.2, 0) is 0 Å². The lowest BCUT2D eigenvalue weighted by molar-refractivity contribution is 0.0943. The molecular formula is C10H18N4OS. The summed E-state index contributed by atoms with van der Waals surface area (Å²) in [5.74, 6) is 0.146. The lowest BCUT2D eigenvalue weighted by atomic mass is 10.2. The Bertz CT molecular complexity index is 364. The number of amides is 1. The van der Waals surface area contributed by atoms with Crippen molar-refractivity contribution in [2.24, 2.45) is 0 Å². The van der Waals surface area contributed by atoms with E-state index in [-0.39, 0.29) is 17.8 Å². The summed E-state index contributed by atoms with van der Waals surface area (Å²) < 4.78 is 0. The summed E-state index contributed by atoms with van der Waals surface area (Å²) in [5.41, 5.74) is 5.67. The number of carbonyl (C=O) groups is 1. The summed E-state index contributed by atoms with van der Waals surface area (Å²) in [5, 5.41) is 6.43. The molecule has 90 valence electrons. The largest absolute Gasteiger partial charge is 0.382 e. The zero-order valence-corrected chi connectivity index (χ0v) is 10.6. The number of anilines is 2. The predicted molar refractivity (Wildman–Crippen MR) is 67.9 cm³/mol. The van der Waals surface area contributed by atoms with Crippen LogP contribution in [0, 0.1) is 0 Å². The fourth-order valence-corrected chi connectivity index (χ4v) is 2.14. The first-order chi connectivity index (χ1) is 7.58. The molecule has 1 heterocycles. The van der Waals surface area contributed by atoms with E-state index in [0.29, 0.717) is 10.0 Å². The van der Waals surface area contributed by atoms with Crippen LogP contribution in [0.5, 0.6) is 0 Å². The molecule has 5 nitrogen and oxygen atoms in total. The molecule has 0 spiro atoms. The summed E-state index contributed by atoms with van der Waals surface area (Å²) in [4.78, 5) is 16.3. The van der Waals surface area contributed by atoms with E-state index in [4.69, 9.17) is 5.73 Å². The number of nitrogens with one attached hydrogen (secondary N) is 2. The lowest BCUT2D eigenvalue weighted by Gasteiger charge is -2.11. The zero-order chi connectivity index (χ0) is 12.1. The van der Waals surface area contributed by atoms with Crippen LogP contribution in [0.3, 0.4) is 0 Å². The van der Waals surface area contributed by atoms with Crippen LogP contribution in [0.2, 0.25) is 0 Å². The van der Waals surface area contributed by atoms with Crippen LogP contribution < -0.4 is 16.4 Å². The molecule has 1 atom stereocenters. The molecule has 0 fully saturated rings. The van der Waals surface area contributed by atoms with E-state index in [1.165, 1.54) is 11.3 Å². The van der Waals surface area contributed by atoms with Crippen molar-refractivity contribution in [1.29, 1.82) is 0 Å². The van der Waals surface area contributed by atoms with Crippen LogP contribution in [0.15, 0.2) is 0 Å². The summed E-state index contributed by atoms with van der Waals surface area (Å²) in [6.07, 6.45) is 2.00. The van der Waals surface area contributed by atoms with Gasteiger partial charge in [0.05, 0.1) is 0 Å². The number of hydrogen-bond donors (Lipinski definition) is 3. The fourth-order valence-electron chi connectivity index (χ4n) is 1.40. The van der Waals surface area contributed by atoms with Gasteiger partial charge in [0, 0.05) is 13.1 Å². The van der Waals surface area contributed by atoms with Gasteiger partial charge in [0.25, 0.3) is 5.91 Å². The topological polar surface area (TPSA) is 80.0 Å². The molecule has 1 aromatic rings. The molecule has 0 aliphatic rings. The van der Waals surface area contributed by atoms with Crippen LogP contribution in [0.25, 0.3) is 0 Å². The highest BCUT2D eigenvalue weighted by atomic mass is 32.1. The van der Waals surface area contributed by atoms with Crippen LogP contribution in [-0.4, -0.2) is 24.0 Å². The van der Waals surface area contributed by atoms with Crippen LogP contribution >= 0.6 is 11.3 Å². The Morgan fingerprint density at radius 3 is 2.81 bits per heavy atom. The number of rotatable bonds is 5. The fraction of sp³-hybridized carbons (Fsp3) is 0.600. The van der Waals surface area contributed by atoms with Crippen molar-refractivity contribution in [3.63, 3.8) is 0 Å². The predicted octanol–water partition coefficient (Wildman–Crippen LogP) is 1.69. The first-order valence-electron chi connectivity index (χ1n) is 5.33. The minimum absolute atomic E-state index is 0.141. The summed E-state index contributed by atoms with van der Waals surface area (Å²) in [7, 11) is 1.75. The molecule has 0 radical (unpaired) electrons.